The molecule has 0 radical (unpaired) electrons. The number of rotatable bonds is 11. The number of carbonyl (C=O) groups is 4. The van der Waals surface area contributed by atoms with Crippen LogP contribution in [0.2, 0.25) is 0 Å². The number of nitrogens with two attached hydrogens (primary N) is 3. The molecule has 2 rings (SSSR count). The first-order valence-electron chi connectivity index (χ1n) is 8.69. The molecule has 0 spiro atoms. The van der Waals surface area contributed by atoms with E-state index < -0.39 is 17.7 Å². The van der Waals surface area contributed by atoms with Crippen molar-refractivity contribution in [1.29, 1.82) is 0 Å². The van der Waals surface area contributed by atoms with Crippen LogP contribution in [0.15, 0.2) is 36.4 Å². The fourth-order valence-corrected chi connectivity index (χ4v) is 2.39. The van der Waals surface area contributed by atoms with Crippen LogP contribution in [0.25, 0.3) is 11.1 Å². The van der Waals surface area contributed by atoms with Gasteiger partial charge in [0.05, 0.1) is 0 Å². The van der Waals surface area contributed by atoms with E-state index in [1.54, 1.807) is 18.2 Å². The summed E-state index contributed by atoms with van der Waals surface area (Å²) in [5, 5.41) is 0. The van der Waals surface area contributed by atoms with E-state index >= 15 is 0 Å². The molecule has 0 bridgehead atoms. The first kappa shape index (κ1) is 22.2. The molecule has 0 unspecified atom stereocenters. The summed E-state index contributed by atoms with van der Waals surface area (Å²) in [5.41, 5.74) is 16.7. The van der Waals surface area contributed by atoms with Crippen LogP contribution in [-0.2, 0) is 14.4 Å². The second-order valence-corrected chi connectivity index (χ2v) is 6.30. The summed E-state index contributed by atoms with van der Waals surface area (Å²) in [6.07, 6.45) is 0. The molecule has 30 heavy (non-hydrogen) atoms. The highest BCUT2D eigenvalue weighted by atomic mass is 16.5. The van der Waals surface area contributed by atoms with Crippen LogP contribution in [0.4, 0.5) is 0 Å². The summed E-state index contributed by atoms with van der Waals surface area (Å²) in [5.74, 6) is -1.57. The Balaban J connectivity index is 2.49. The smallest absolute Gasteiger partial charge is 0.255 e. The maximum atomic E-state index is 11.7. The third-order valence-corrected chi connectivity index (χ3v) is 3.61. The lowest BCUT2D eigenvalue weighted by atomic mass is 10.0. The first-order valence-corrected chi connectivity index (χ1v) is 8.69. The maximum Gasteiger partial charge on any atom is 0.255 e. The first-order chi connectivity index (χ1) is 14.1. The van der Waals surface area contributed by atoms with Crippen LogP contribution in [0.3, 0.4) is 0 Å². The average Bonchev–Trinajstić information content (AvgIpc) is 2.68. The predicted molar refractivity (Wildman–Crippen MR) is 106 cm³/mol. The summed E-state index contributed by atoms with van der Waals surface area (Å²) in [4.78, 5) is 45.0. The molecule has 2 aromatic carbocycles. The van der Waals surface area contributed by atoms with Gasteiger partial charge in [-0.3, -0.25) is 19.2 Å². The third kappa shape index (κ3) is 6.82. The Morgan fingerprint density at radius 1 is 0.667 bits per heavy atom. The Bertz CT molecular complexity index is 952. The van der Waals surface area contributed by atoms with E-state index in [9.17, 15) is 19.2 Å². The summed E-state index contributed by atoms with van der Waals surface area (Å²) in [7, 11) is 0. The second-order valence-electron chi connectivity index (χ2n) is 6.30. The van der Waals surface area contributed by atoms with E-state index in [2.05, 4.69) is 0 Å². The minimum Gasteiger partial charge on any atom is -0.486 e. The van der Waals surface area contributed by atoms with Crippen molar-refractivity contribution >= 4 is 23.5 Å². The number of ketones is 1. The van der Waals surface area contributed by atoms with Crippen molar-refractivity contribution in [3.63, 3.8) is 0 Å². The molecule has 10 nitrogen and oxygen atoms in total. The molecule has 0 saturated heterocycles. The minimum atomic E-state index is -0.698. The third-order valence-electron chi connectivity index (χ3n) is 3.61. The van der Waals surface area contributed by atoms with E-state index in [-0.39, 0.29) is 48.4 Å². The zero-order valence-corrected chi connectivity index (χ0v) is 16.2. The molecule has 0 atom stereocenters. The zero-order valence-electron chi connectivity index (χ0n) is 16.2. The molecule has 2 aromatic rings. The highest BCUT2D eigenvalue weighted by Crippen LogP contribution is 2.33. The van der Waals surface area contributed by atoms with Crippen LogP contribution in [0.5, 0.6) is 17.2 Å². The number of hydrogen-bond acceptors (Lipinski definition) is 7. The maximum absolute atomic E-state index is 11.7. The number of benzene rings is 2. The minimum absolute atomic E-state index is 0.147. The van der Waals surface area contributed by atoms with Gasteiger partial charge in [0, 0.05) is 11.6 Å². The molecule has 0 heterocycles. The predicted octanol–water partition coefficient (Wildman–Crippen LogP) is 0.149. The van der Waals surface area contributed by atoms with Crippen LogP contribution >= 0.6 is 0 Å². The fraction of sp³-hybridized carbons (Fsp3) is 0.200. The summed E-state index contributed by atoms with van der Waals surface area (Å²) >= 11 is 0. The van der Waals surface area contributed by atoms with E-state index in [1.807, 2.05) is 0 Å². The van der Waals surface area contributed by atoms with Crippen molar-refractivity contribution in [2.75, 3.05) is 19.8 Å². The molecule has 0 fully saturated rings. The van der Waals surface area contributed by atoms with Gasteiger partial charge in [0.1, 0.15) is 23.9 Å². The average molecular weight is 415 g/mol. The largest absolute Gasteiger partial charge is 0.486 e. The normalized spacial score (nSPS) is 10.2. The molecule has 0 aromatic heterocycles. The van der Waals surface area contributed by atoms with Crippen molar-refractivity contribution in [2.45, 2.75) is 6.92 Å². The highest BCUT2D eigenvalue weighted by Gasteiger charge is 2.12. The molecule has 10 heteroatoms. The topological polar surface area (TPSA) is 174 Å². The lowest BCUT2D eigenvalue weighted by molar-refractivity contribution is -0.120. The van der Waals surface area contributed by atoms with Crippen LogP contribution in [0.1, 0.15) is 17.3 Å². The van der Waals surface area contributed by atoms with Crippen LogP contribution < -0.4 is 31.4 Å². The monoisotopic (exact) mass is 415 g/mol. The summed E-state index contributed by atoms with van der Waals surface area (Å²) < 4.78 is 16.0. The van der Waals surface area contributed by atoms with Crippen LogP contribution in [0, 0.1) is 0 Å². The Hall–Kier alpha value is -4.08. The number of primary amides is 3. The number of ether oxygens (including phenoxy) is 3. The lowest BCUT2D eigenvalue weighted by Crippen LogP contribution is -2.21. The second kappa shape index (κ2) is 9.92. The zero-order chi connectivity index (χ0) is 22.3. The van der Waals surface area contributed by atoms with E-state index in [0.29, 0.717) is 11.1 Å². The molecule has 6 N–H and O–H groups in total. The van der Waals surface area contributed by atoms with Gasteiger partial charge in [-0.15, -0.1) is 0 Å². The highest BCUT2D eigenvalue weighted by molar-refractivity contribution is 5.95. The summed E-state index contributed by atoms with van der Waals surface area (Å²) in [6, 6.07) is 9.07. The summed E-state index contributed by atoms with van der Waals surface area (Å²) in [6.45, 7) is 0.414. The molecule has 3 amide bonds. The van der Waals surface area contributed by atoms with E-state index in [4.69, 9.17) is 31.4 Å². The molecule has 0 aliphatic carbocycles. The fourth-order valence-electron chi connectivity index (χ4n) is 2.39. The van der Waals surface area contributed by atoms with Crippen molar-refractivity contribution in [1.82, 2.24) is 0 Å². The van der Waals surface area contributed by atoms with Gasteiger partial charge in [0.2, 0.25) is 5.91 Å². The van der Waals surface area contributed by atoms with Gasteiger partial charge in [-0.1, -0.05) is 0 Å². The van der Waals surface area contributed by atoms with Crippen molar-refractivity contribution in [2.24, 2.45) is 17.2 Å². The Morgan fingerprint density at radius 2 is 1.10 bits per heavy atom. The number of carbonyl (C=O) groups excluding carboxylic acids is 4. The van der Waals surface area contributed by atoms with Crippen LogP contribution in [-0.4, -0.2) is 43.3 Å². The molecule has 0 aliphatic heterocycles. The lowest BCUT2D eigenvalue weighted by Gasteiger charge is -2.13. The van der Waals surface area contributed by atoms with Gasteiger partial charge < -0.3 is 31.4 Å². The Kier molecular flexibility index (Phi) is 7.34. The molecular formula is C20H21N3O7. The number of Topliss-reactive ketones (excluding diaryl/α,β-unsaturated/α-hetero) is 1. The van der Waals surface area contributed by atoms with Crippen molar-refractivity contribution < 1.29 is 33.4 Å². The Morgan fingerprint density at radius 3 is 1.53 bits per heavy atom. The quantitative estimate of drug-likeness (QED) is 0.468. The standard InChI is InChI=1S/C20H21N3O7/c1-11(24)8-28-15-3-12(2-14(6-15)20(23)27)13-4-16(29-9-18(21)25)7-17(5-13)30-10-19(22)26/h2-7H,8-10H2,1H3,(H2,21,25)(H2,22,26)(H2,23,27). The van der Waals surface area contributed by atoms with E-state index in [1.165, 1.54) is 25.1 Å². The van der Waals surface area contributed by atoms with Crippen molar-refractivity contribution in [3.8, 4) is 28.4 Å². The Labute approximate surface area is 171 Å². The molecule has 0 aliphatic rings. The van der Waals surface area contributed by atoms with E-state index in [0.717, 1.165) is 0 Å². The van der Waals surface area contributed by atoms with Gasteiger partial charge in [0.15, 0.2) is 19.0 Å². The SMILES string of the molecule is CC(=O)COc1cc(C(N)=O)cc(-c2cc(OCC(N)=O)cc(OCC(N)=O)c2)c1. The van der Waals surface area contributed by atoms with Gasteiger partial charge in [-0.05, 0) is 48.4 Å². The molecule has 0 saturated carbocycles. The molecule has 158 valence electrons. The molecular weight excluding hydrogens is 394 g/mol. The number of hydrogen-bond donors (Lipinski definition) is 3. The van der Waals surface area contributed by atoms with Gasteiger partial charge in [-0.25, -0.2) is 0 Å². The van der Waals surface area contributed by atoms with Gasteiger partial charge >= 0.3 is 0 Å². The number of amides is 3. The van der Waals surface area contributed by atoms with Gasteiger partial charge in [-0.2, -0.15) is 0 Å². The van der Waals surface area contributed by atoms with Crippen molar-refractivity contribution in [3.05, 3.63) is 42.0 Å². The van der Waals surface area contributed by atoms with Gasteiger partial charge in [0.25, 0.3) is 11.8 Å².